The molecule has 0 fully saturated rings. The van der Waals surface area contributed by atoms with Crippen molar-refractivity contribution in [2.24, 2.45) is 0 Å². The van der Waals surface area contributed by atoms with E-state index in [0.717, 1.165) is 10.5 Å². The zero-order valence-corrected chi connectivity index (χ0v) is 13.1. The highest BCUT2D eigenvalue weighted by Crippen LogP contribution is 2.24. The van der Waals surface area contributed by atoms with Gasteiger partial charge in [-0.25, -0.2) is 4.98 Å². The number of benzene rings is 1. The summed E-state index contributed by atoms with van der Waals surface area (Å²) < 4.78 is 0.804. The predicted octanol–water partition coefficient (Wildman–Crippen LogP) is 3.97. The van der Waals surface area contributed by atoms with Crippen molar-refractivity contribution in [2.45, 2.75) is 6.92 Å². The minimum atomic E-state index is -0.652. The van der Waals surface area contributed by atoms with Crippen LogP contribution in [0.15, 0.2) is 34.8 Å². The second-order valence-corrected chi connectivity index (χ2v) is 5.43. The molecule has 21 heavy (non-hydrogen) atoms. The van der Waals surface area contributed by atoms with Crippen LogP contribution in [0.4, 0.5) is 11.5 Å². The first-order valence-corrected chi connectivity index (χ1v) is 6.94. The number of aromatic nitrogens is 1. The van der Waals surface area contributed by atoms with Crippen molar-refractivity contribution in [1.82, 2.24) is 4.98 Å². The number of nitro benzene ring substituents is 1. The van der Waals surface area contributed by atoms with E-state index in [2.05, 4.69) is 26.2 Å². The third-order valence-corrected chi connectivity index (χ3v) is 3.74. The van der Waals surface area contributed by atoms with Crippen molar-refractivity contribution in [3.63, 3.8) is 0 Å². The second-order valence-electron chi connectivity index (χ2n) is 4.14. The first-order valence-electron chi connectivity index (χ1n) is 5.77. The molecule has 1 aromatic heterocycles. The smallest absolute Gasteiger partial charge is 0.283 e. The number of anilines is 1. The van der Waals surface area contributed by atoms with Gasteiger partial charge in [0.05, 0.1) is 10.6 Å². The lowest BCUT2D eigenvalue weighted by Gasteiger charge is -2.07. The van der Waals surface area contributed by atoms with Crippen molar-refractivity contribution in [3.05, 3.63) is 61.2 Å². The number of rotatable bonds is 3. The molecular formula is C13H9BrClN3O3. The summed E-state index contributed by atoms with van der Waals surface area (Å²) >= 11 is 9.01. The summed E-state index contributed by atoms with van der Waals surface area (Å²) in [6, 6.07) is 7.19. The standard InChI is InChI=1S/C13H9BrClN3O3/c1-7-10(14)4-5-12(16-7)17-13(19)9-3-2-8(15)6-11(9)18(20)21/h2-6H,1H3,(H,16,17,19). The van der Waals surface area contributed by atoms with E-state index in [0.29, 0.717) is 11.5 Å². The van der Waals surface area contributed by atoms with Gasteiger partial charge in [0.2, 0.25) is 0 Å². The van der Waals surface area contributed by atoms with Crippen molar-refractivity contribution in [2.75, 3.05) is 5.32 Å². The average molecular weight is 371 g/mol. The number of nitrogens with zero attached hydrogens (tertiary/aromatic N) is 2. The summed E-state index contributed by atoms with van der Waals surface area (Å²) in [5.41, 5.74) is 0.263. The third kappa shape index (κ3) is 3.56. The number of pyridine rings is 1. The Balaban J connectivity index is 2.32. The monoisotopic (exact) mass is 369 g/mol. The highest BCUT2D eigenvalue weighted by atomic mass is 79.9. The van der Waals surface area contributed by atoms with Crippen LogP contribution in [0.3, 0.4) is 0 Å². The van der Waals surface area contributed by atoms with Crippen LogP contribution in [0.2, 0.25) is 5.02 Å². The summed E-state index contributed by atoms with van der Waals surface area (Å²) in [6.45, 7) is 1.77. The minimum Gasteiger partial charge on any atom is -0.306 e. The van der Waals surface area contributed by atoms with Crippen LogP contribution in [-0.2, 0) is 0 Å². The van der Waals surface area contributed by atoms with E-state index in [1.165, 1.54) is 12.1 Å². The molecule has 2 aromatic rings. The first-order chi connectivity index (χ1) is 9.88. The Morgan fingerprint density at radius 1 is 1.38 bits per heavy atom. The summed E-state index contributed by atoms with van der Waals surface area (Å²) in [4.78, 5) is 26.6. The molecule has 0 unspecified atom stereocenters. The van der Waals surface area contributed by atoms with Crippen molar-refractivity contribution in [1.29, 1.82) is 0 Å². The maximum atomic E-state index is 12.1. The average Bonchev–Trinajstić information content (AvgIpc) is 2.42. The number of carbonyl (C=O) groups excluding carboxylic acids is 1. The van der Waals surface area contributed by atoms with Gasteiger partial charge in [-0.15, -0.1) is 0 Å². The van der Waals surface area contributed by atoms with Crippen molar-refractivity contribution in [3.8, 4) is 0 Å². The molecule has 1 N–H and O–H groups in total. The number of hydrogen-bond donors (Lipinski definition) is 1. The largest absolute Gasteiger partial charge is 0.306 e. The van der Waals surface area contributed by atoms with Gasteiger partial charge in [0.1, 0.15) is 11.4 Å². The Morgan fingerprint density at radius 3 is 2.71 bits per heavy atom. The fourth-order valence-corrected chi connectivity index (χ4v) is 2.03. The lowest BCUT2D eigenvalue weighted by atomic mass is 10.1. The Morgan fingerprint density at radius 2 is 2.10 bits per heavy atom. The normalized spacial score (nSPS) is 10.2. The molecule has 108 valence electrons. The number of nitrogens with one attached hydrogen (secondary N) is 1. The van der Waals surface area contributed by atoms with E-state index in [9.17, 15) is 14.9 Å². The van der Waals surface area contributed by atoms with E-state index in [-0.39, 0.29) is 16.3 Å². The quantitative estimate of drug-likeness (QED) is 0.654. The molecule has 0 atom stereocenters. The van der Waals surface area contributed by atoms with Gasteiger partial charge in [0.25, 0.3) is 11.6 Å². The van der Waals surface area contributed by atoms with E-state index in [4.69, 9.17) is 11.6 Å². The molecular weight excluding hydrogens is 362 g/mol. The summed E-state index contributed by atoms with van der Waals surface area (Å²) in [6.07, 6.45) is 0. The number of nitro groups is 1. The number of amides is 1. The van der Waals surface area contributed by atoms with Crippen LogP contribution < -0.4 is 5.32 Å². The summed E-state index contributed by atoms with van der Waals surface area (Å²) in [7, 11) is 0. The fourth-order valence-electron chi connectivity index (χ4n) is 1.65. The van der Waals surface area contributed by atoms with Gasteiger partial charge in [-0.2, -0.15) is 0 Å². The van der Waals surface area contributed by atoms with Gasteiger partial charge >= 0.3 is 0 Å². The number of halogens is 2. The lowest BCUT2D eigenvalue weighted by Crippen LogP contribution is -2.15. The molecule has 1 aromatic carbocycles. The molecule has 0 spiro atoms. The molecule has 1 heterocycles. The van der Waals surface area contributed by atoms with E-state index in [1.54, 1.807) is 19.1 Å². The maximum absolute atomic E-state index is 12.1. The predicted molar refractivity (Wildman–Crippen MR) is 82.7 cm³/mol. The molecule has 8 heteroatoms. The van der Waals surface area contributed by atoms with Crippen LogP contribution in [0.25, 0.3) is 0 Å². The lowest BCUT2D eigenvalue weighted by molar-refractivity contribution is -0.385. The zero-order valence-electron chi connectivity index (χ0n) is 10.8. The van der Waals surface area contributed by atoms with Crippen LogP contribution >= 0.6 is 27.5 Å². The number of carbonyl (C=O) groups is 1. The van der Waals surface area contributed by atoms with Gasteiger partial charge in [-0.05, 0) is 47.1 Å². The van der Waals surface area contributed by atoms with Crippen molar-refractivity contribution < 1.29 is 9.72 Å². The Bertz CT molecular complexity index is 737. The molecule has 0 saturated heterocycles. The highest BCUT2D eigenvalue weighted by Gasteiger charge is 2.21. The van der Waals surface area contributed by atoms with Gasteiger partial charge in [0, 0.05) is 15.6 Å². The van der Waals surface area contributed by atoms with Crippen LogP contribution in [0, 0.1) is 17.0 Å². The fraction of sp³-hybridized carbons (Fsp3) is 0.0769. The summed E-state index contributed by atoms with van der Waals surface area (Å²) in [5.74, 6) is -0.308. The second kappa shape index (κ2) is 6.19. The maximum Gasteiger partial charge on any atom is 0.283 e. The van der Waals surface area contributed by atoms with Gasteiger partial charge in [-0.3, -0.25) is 14.9 Å². The third-order valence-electron chi connectivity index (χ3n) is 2.66. The zero-order chi connectivity index (χ0) is 15.6. The molecule has 0 saturated carbocycles. The molecule has 0 aliphatic heterocycles. The highest BCUT2D eigenvalue weighted by molar-refractivity contribution is 9.10. The van der Waals surface area contributed by atoms with Crippen LogP contribution in [0.1, 0.15) is 16.1 Å². The molecule has 0 bridgehead atoms. The Kier molecular flexibility index (Phi) is 4.54. The summed E-state index contributed by atoms with van der Waals surface area (Å²) in [5, 5.41) is 13.7. The van der Waals surface area contributed by atoms with Crippen molar-refractivity contribution >= 4 is 44.9 Å². The molecule has 0 radical (unpaired) electrons. The molecule has 1 amide bonds. The Labute approximate surface area is 133 Å². The van der Waals surface area contributed by atoms with E-state index >= 15 is 0 Å². The van der Waals surface area contributed by atoms with E-state index < -0.39 is 10.8 Å². The molecule has 2 rings (SSSR count). The Hall–Kier alpha value is -1.99. The molecule has 6 nitrogen and oxygen atoms in total. The molecule has 0 aliphatic rings. The van der Waals surface area contributed by atoms with Gasteiger partial charge in [0.15, 0.2) is 0 Å². The number of hydrogen-bond acceptors (Lipinski definition) is 4. The van der Waals surface area contributed by atoms with Crippen LogP contribution in [0.5, 0.6) is 0 Å². The first kappa shape index (κ1) is 15.4. The van der Waals surface area contributed by atoms with Gasteiger partial charge in [-0.1, -0.05) is 11.6 Å². The SMILES string of the molecule is Cc1nc(NC(=O)c2ccc(Cl)cc2[N+](=O)[O-])ccc1Br. The van der Waals surface area contributed by atoms with Crippen LogP contribution in [-0.4, -0.2) is 15.8 Å². The number of aryl methyl sites for hydroxylation is 1. The topological polar surface area (TPSA) is 85.1 Å². The minimum absolute atomic E-state index is 0.0771. The van der Waals surface area contributed by atoms with E-state index in [1.807, 2.05) is 0 Å². The molecule has 0 aliphatic carbocycles. The van der Waals surface area contributed by atoms with Gasteiger partial charge < -0.3 is 5.32 Å².